The SMILES string of the molecule is CN=C(NCC(=O)NC1CC1)N1CCC2(CCCCC2)C1.I. The fraction of sp³-hybridized carbons (Fsp3) is 0.875. The number of rotatable bonds is 3. The number of guanidine groups is 1. The van der Waals surface area contributed by atoms with Gasteiger partial charge in [-0.2, -0.15) is 0 Å². The molecule has 1 spiro atoms. The van der Waals surface area contributed by atoms with E-state index in [2.05, 4.69) is 20.5 Å². The van der Waals surface area contributed by atoms with Gasteiger partial charge < -0.3 is 15.5 Å². The molecule has 0 radical (unpaired) electrons. The standard InChI is InChI=1S/C16H28N4O.HI/c1-17-15(18-11-14(21)19-13-5-6-13)20-10-9-16(12-20)7-3-2-4-8-16;/h13H,2-12H2,1H3,(H,17,18)(H,19,21);1H. The maximum absolute atomic E-state index is 11.8. The van der Waals surface area contributed by atoms with Gasteiger partial charge >= 0.3 is 0 Å². The highest BCUT2D eigenvalue weighted by atomic mass is 127. The second-order valence-electron chi connectivity index (χ2n) is 6.97. The summed E-state index contributed by atoms with van der Waals surface area (Å²) in [6, 6.07) is 0.429. The lowest BCUT2D eigenvalue weighted by Crippen LogP contribution is -2.45. The van der Waals surface area contributed by atoms with Gasteiger partial charge in [0.2, 0.25) is 5.91 Å². The number of amides is 1. The molecule has 2 N–H and O–H groups in total. The van der Waals surface area contributed by atoms with Crippen molar-refractivity contribution in [2.75, 3.05) is 26.7 Å². The van der Waals surface area contributed by atoms with E-state index in [9.17, 15) is 4.79 Å². The molecule has 6 heteroatoms. The average Bonchev–Trinajstić information content (AvgIpc) is 3.22. The monoisotopic (exact) mass is 420 g/mol. The molecule has 0 aromatic carbocycles. The first-order valence-electron chi connectivity index (χ1n) is 8.46. The first kappa shape index (κ1) is 17.8. The van der Waals surface area contributed by atoms with E-state index in [-0.39, 0.29) is 29.9 Å². The fourth-order valence-corrected chi connectivity index (χ4v) is 3.82. The predicted molar refractivity (Wildman–Crippen MR) is 99.6 cm³/mol. The minimum absolute atomic E-state index is 0. The summed E-state index contributed by atoms with van der Waals surface area (Å²) in [7, 11) is 1.81. The Morgan fingerprint density at radius 1 is 1.23 bits per heavy atom. The number of nitrogens with zero attached hydrogens (tertiary/aromatic N) is 2. The zero-order valence-corrected chi connectivity index (χ0v) is 15.9. The Morgan fingerprint density at radius 2 is 1.95 bits per heavy atom. The van der Waals surface area contributed by atoms with E-state index in [1.165, 1.54) is 38.5 Å². The lowest BCUT2D eigenvalue weighted by molar-refractivity contribution is -0.120. The molecule has 1 amide bonds. The molecule has 22 heavy (non-hydrogen) atoms. The lowest BCUT2D eigenvalue weighted by atomic mass is 9.73. The quantitative estimate of drug-likeness (QED) is 0.418. The largest absolute Gasteiger partial charge is 0.352 e. The second-order valence-corrected chi connectivity index (χ2v) is 6.97. The van der Waals surface area contributed by atoms with Crippen LogP contribution in [-0.4, -0.2) is 49.5 Å². The number of carbonyl (C=O) groups excluding carboxylic acids is 1. The summed E-state index contributed by atoms with van der Waals surface area (Å²) in [5.41, 5.74) is 0.520. The summed E-state index contributed by atoms with van der Waals surface area (Å²) < 4.78 is 0. The van der Waals surface area contributed by atoms with Gasteiger partial charge in [-0.05, 0) is 37.5 Å². The van der Waals surface area contributed by atoms with Gasteiger partial charge in [0, 0.05) is 26.2 Å². The van der Waals surface area contributed by atoms with E-state index in [1.54, 1.807) is 0 Å². The number of hydrogen-bond acceptors (Lipinski definition) is 2. The lowest BCUT2D eigenvalue weighted by Gasteiger charge is -2.33. The van der Waals surface area contributed by atoms with E-state index in [4.69, 9.17) is 0 Å². The van der Waals surface area contributed by atoms with Crippen LogP contribution in [0.25, 0.3) is 0 Å². The van der Waals surface area contributed by atoms with Crippen molar-refractivity contribution >= 4 is 35.8 Å². The predicted octanol–water partition coefficient (Wildman–Crippen LogP) is 2.11. The molecule has 0 bridgehead atoms. The molecule has 3 fully saturated rings. The molecular weight excluding hydrogens is 391 g/mol. The topological polar surface area (TPSA) is 56.7 Å². The molecule has 126 valence electrons. The number of aliphatic imine (C=N–C) groups is 1. The summed E-state index contributed by atoms with van der Waals surface area (Å²) >= 11 is 0. The van der Waals surface area contributed by atoms with Crippen LogP contribution in [-0.2, 0) is 4.79 Å². The molecule has 0 unspecified atom stereocenters. The van der Waals surface area contributed by atoms with Crippen LogP contribution < -0.4 is 10.6 Å². The average molecular weight is 420 g/mol. The van der Waals surface area contributed by atoms with Crippen molar-refractivity contribution in [1.82, 2.24) is 15.5 Å². The molecule has 5 nitrogen and oxygen atoms in total. The number of likely N-dealkylation sites (tertiary alicyclic amines) is 1. The van der Waals surface area contributed by atoms with Crippen molar-refractivity contribution in [2.24, 2.45) is 10.4 Å². The highest BCUT2D eigenvalue weighted by molar-refractivity contribution is 14.0. The van der Waals surface area contributed by atoms with E-state index < -0.39 is 0 Å². The van der Waals surface area contributed by atoms with E-state index in [0.29, 0.717) is 18.0 Å². The number of halogens is 1. The van der Waals surface area contributed by atoms with Gasteiger partial charge in [-0.15, -0.1) is 24.0 Å². The number of carbonyl (C=O) groups is 1. The molecule has 2 saturated carbocycles. The second kappa shape index (κ2) is 7.84. The Labute approximate surface area is 150 Å². The van der Waals surface area contributed by atoms with Crippen LogP contribution >= 0.6 is 24.0 Å². The summed E-state index contributed by atoms with van der Waals surface area (Å²) in [6.07, 6.45) is 10.4. The van der Waals surface area contributed by atoms with Crippen molar-refractivity contribution in [3.63, 3.8) is 0 Å². The van der Waals surface area contributed by atoms with Crippen molar-refractivity contribution < 1.29 is 4.79 Å². The maximum atomic E-state index is 11.8. The highest BCUT2D eigenvalue weighted by Gasteiger charge is 2.39. The molecule has 3 aliphatic rings. The summed E-state index contributed by atoms with van der Waals surface area (Å²) in [6.45, 7) is 2.52. The Balaban J connectivity index is 0.00000176. The summed E-state index contributed by atoms with van der Waals surface area (Å²) in [4.78, 5) is 18.5. The first-order chi connectivity index (χ1) is 10.2. The number of nitrogens with one attached hydrogen (secondary N) is 2. The van der Waals surface area contributed by atoms with Crippen molar-refractivity contribution in [2.45, 2.75) is 57.4 Å². The minimum Gasteiger partial charge on any atom is -0.352 e. The maximum Gasteiger partial charge on any atom is 0.239 e. The molecule has 0 aromatic heterocycles. The molecule has 0 atom stereocenters. The van der Waals surface area contributed by atoms with E-state index in [0.717, 1.165) is 31.9 Å². The van der Waals surface area contributed by atoms with Gasteiger partial charge in [0.1, 0.15) is 0 Å². The van der Waals surface area contributed by atoms with Crippen LogP contribution in [0, 0.1) is 5.41 Å². The van der Waals surface area contributed by atoms with Gasteiger partial charge in [-0.3, -0.25) is 9.79 Å². The molecular formula is C16H29IN4O. The Hall–Kier alpha value is -0.530. The van der Waals surface area contributed by atoms with Crippen LogP contribution in [0.2, 0.25) is 0 Å². The third kappa shape index (κ3) is 4.49. The van der Waals surface area contributed by atoms with Gasteiger partial charge in [-0.1, -0.05) is 19.3 Å². The van der Waals surface area contributed by atoms with Crippen molar-refractivity contribution in [3.05, 3.63) is 0 Å². The summed E-state index contributed by atoms with van der Waals surface area (Å²) in [5, 5.41) is 6.24. The van der Waals surface area contributed by atoms with Crippen LogP contribution in [0.5, 0.6) is 0 Å². The van der Waals surface area contributed by atoms with Crippen LogP contribution in [0.15, 0.2) is 4.99 Å². The fourth-order valence-electron chi connectivity index (χ4n) is 3.82. The normalized spacial score (nSPS) is 24.0. The summed E-state index contributed by atoms with van der Waals surface area (Å²) in [5.74, 6) is 0.980. The molecule has 1 aliphatic heterocycles. The third-order valence-electron chi connectivity index (χ3n) is 5.21. The van der Waals surface area contributed by atoms with Gasteiger partial charge in [0.05, 0.1) is 6.54 Å². The molecule has 1 heterocycles. The van der Waals surface area contributed by atoms with E-state index >= 15 is 0 Å². The molecule has 0 aromatic rings. The smallest absolute Gasteiger partial charge is 0.239 e. The van der Waals surface area contributed by atoms with Gasteiger partial charge in [0.15, 0.2) is 5.96 Å². The van der Waals surface area contributed by atoms with Gasteiger partial charge in [0.25, 0.3) is 0 Å². The molecule has 1 saturated heterocycles. The number of hydrogen-bond donors (Lipinski definition) is 2. The zero-order valence-electron chi connectivity index (χ0n) is 13.6. The molecule has 3 rings (SSSR count). The van der Waals surface area contributed by atoms with Crippen LogP contribution in [0.3, 0.4) is 0 Å². The van der Waals surface area contributed by atoms with E-state index in [1.807, 2.05) is 7.05 Å². The van der Waals surface area contributed by atoms with Crippen molar-refractivity contribution in [1.29, 1.82) is 0 Å². The highest BCUT2D eigenvalue weighted by Crippen LogP contribution is 2.43. The molecule has 2 aliphatic carbocycles. The zero-order chi connectivity index (χ0) is 14.7. The first-order valence-corrected chi connectivity index (χ1v) is 8.46. The Bertz CT molecular complexity index is 416. The Kier molecular flexibility index (Phi) is 6.35. The Morgan fingerprint density at radius 3 is 2.59 bits per heavy atom. The van der Waals surface area contributed by atoms with Crippen LogP contribution in [0.1, 0.15) is 51.4 Å². The van der Waals surface area contributed by atoms with Gasteiger partial charge in [-0.25, -0.2) is 0 Å². The third-order valence-corrected chi connectivity index (χ3v) is 5.21. The van der Waals surface area contributed by atoms with Crippen molar-refractivity contribution in [3.8, 4) is 0 Å². The minimum atomic E-state index is 0. The van der Waals surface area contributed by atoms with Crippen LogP contribution in [0.4, 0.5) is 0 Å².